The monoisotopic (exact) mass is 762 g/mol. The Kier molecular flexibility index (Phi) is 24.4. The third kappa shape index (κ3) is 18.3. The van der Waals surface area contributed by atoms with Gasteiger partial charge in [0.2, 0.25) is 0 Å². The summed E-state index contributed by atoms with van der Waals surface area (Å²) in [5, 5.41) is 10.6. The molecule has 0 aromatic heterocycles. The van der Waals surface area contributed by atoms with E-state index < -0.39 is 12.2 Å². The quantitative estimate of drug-likeness (QED) is 0.0379. The van der Waals surface area contributed by atoms with E-state index in [1.165, 1.54) is 44.9 Å². The Morgan fingerprint density at radius 3 is 2.04 bits per heavy atom. The number of ether oxygens (including phenoxy) is 9. The zero-order valence-electron chi connectivity index (χ0n) is 33.9. The molecule has 2 saturated heterocycles. The van der Waals surface area contributed by atoms with Gasteiger partial charge in [-0.2, -0.15) is 0 Å². The maximum absolute atomic E-state index is 12.0. The minimum Gasteiger partial charge on any atom is -0.455 e. The normalized spacial score (nSPS) is 24.6. The van der Waals surface area contributed by atoms with Crippen LogP contribution in [-0.2, 0) is 47.4 Å². The van der Waals surface area contributed by atoms with Crippen LogP contribution in [0.1, 0.15) is 136 Å². The van der Waals surface area contributed by atoms with E-state index in [1.54, 1.807) is 21.3 Å². The summed E-state index contributed by atoms with van der Waals surface area (Å²) in [4.78, 5) is 12.0. The molecule has 3 rings (SSSR count). The first-order chi connectivity index (χ1) is 26.4. The zero-order valence-corrected chi connectivity index (χ0v) is 33.9. The summed E-state index contributed by atoms with van der Waals surface area (Å²) in [6, 6.07) is 0. The predicted molar refractivity (Wildman–Crippen MR) is 206 cm³/mol. The molecule has 0 bridgehead atoms. The average Bonchev–Trinajstić information content (AvgIpc) is 3.92. The van der Waals surface area contributed by atoms with Gasteiger partial charge >= 0.3 is 5.97 Å². The SMILES string of the molecule is CCCCCCCCCC[C@@H](OCOC)[C@H]1CC[C@H]([C@H]2CC[C@H](C(C#CCCC(O)CCC#CCC(CC3=C[C@H](C)OC3=O)OCOC)OCOC)O2)O1. The lowest BCUT2D eigenvalue weighted by Crippen LogP contribution is -2.35. The largest absolute Gasteiger partial charge is 0.455 e. The topological polar surface area (TPSA) is 120 Å². The van der Waals surface area contributed by atoms with Gasteiger partial charge in [-0.1, -0.05) is 64.2 Å². The van der Waals surface area contributed by atoms with Crippen molar-refractivity contribution in [1.82, 2.24) is 0 Å². The van der Waals surface area contributed by atoms with Crippen molar-refractivity contribution in [2.24, 2.45) is 0 Å². The first-order valence-electron chi connectivity index (χ1n) is 20.5. The number of aliphatic hydroxyl groups is 1. The van der Waals surface area contributed by atoms with Crippen LogP contribution in [0.25, 0.3) is 0 Å². The number of rotatable bonds is 28. The maximum Gasteiger partial charge on any atom is 0.334 e. The van der Waals surface area contributed by atoms with Gasteiger partial charge in [0.15, 0.2) is 0 Å². The molecular weight excluding hydrogens is 692 g/mol. The molecule has 3 heterocycles. The molecule has 11 nitrogen and oxygen atoms in total. The predicted octanol–water partition coefficient (Wildman–Crippen LogP) is 7.16. The Morgan fingerprint density at radius 2 is 1.37 bits per heavy atom. The van der Waals surface area contributed by atoms with Crippen LogP contribution in [0, 0.1) is 23.7 Å². The molecular formula is C43H70O11. The molecule has 0 spiro atoms. The molecule has 2 fully saturated rings. The third-order valence-corrected chi connectivity index (χ3v) is 10.2. The molecule has 9 atom stereocenters. The van der Waals surface area contributed by atoms with E-state index in [1.807, 2.05) is 13.0 Å². The zero-order chi connectivity index (χ0) is 38.8. The molecule has 1 N–H and O–H groups in total. The van der Waals surface area contributed by atoms with Crippen LogP contribution in [0.3, 0.4) is 0 Å². The van der Waals surface area contributed by atoms with Crippen LogP contribution in [0.5, 0.6) is 0 Å². The number of carbonyl (C=O) groups is 1. The number of unbranched alkanes of at least 4 members (excludes halogenated alkanes) is 7. The van der Waals surface area contributed by atoms with Gasteiger partial charge in [0.25, 0.3) is 0 Å². The smallest absolute Gasteiger partial charge is 0.334 e. The second-order valence-electron chi connectivity index (χ2n) is 14.8. The number of hydrogen-bond donors (Lipinski definition) is 1. The minimum absolute atomic E-state index is 0.00797. The van der Waals surface area contributed by atoms with Crippen molar-refractivity contribution in [2.45, 2.75) is 191 Å². The average molecular weight is 763 g/mol. The molecule has 54 heavy (non-hydrogen) atoms. The summed E-state index contributed by atoms with van der Waals surface area (Å²) in [5.41, 5.74) is 0.606. The third-order valence-electron chi connectivity index (χ3n) is 10.2. The fourth-order valence-electron chi connectivity index (χ4n) is 7.27. The number of hydrogen-bond acceptors (Lipinski definition) is 11. The van der Waals surface area contributed by atoms with E-state index in [2.05, 4.69) is 30.6 Å². The van der Waals surface area contributed by atoms with Gasteiger partial charge in [-0.05, 0) is 57.9 Å². The summed E-state index contributed by atoms with van der Waals surface area (Å²) in [5.74, 6) is 12.4. The molecule has 0 saturated carbocycles. The van der Waals surface area contributed by atoms with E-state index in [4.69, 9.17) is 42.6 Å². The van der Waals surface area contributed by atoms with Crippen molar-refractivity contribution in [2.75, 3.05) is 41.7 Å². The molecule has 0 aromatic rings. The molecule has 0 radical (unpaired) electrons. The van der Waals surface area contributed by atoms with Gasteiger partial charge in [-0.3, -0.25) is 0 Å². The molecule has 11 heteroatoms. The Labute approximate surface area is 325 Å². The fraction of sp³-hybridized carbons (Fsp3) is 0.837. The van der Waals surface area contributed by atoms with Gasteiger partial charge < -0.3 is 47.7 Å². The number of carbonyl (C=O) groups excluding carboxylic acids is 1. The van der Waals surface area contributed by atoms with Gasteiger partial charge in [-0.15, -0.1) is 17.8 Å². The first-order valence-corrected chi connectivity index (χ1v) is 20.5. The van der Waals surface area contributed by atoms with Gasteiger partial charge in [0.1, 0.15) is 32.6 Å². The summed E-state index contributed by atoms with van der Waals surface area (Å²) in [6.45, 7) is 4.61. The van der Waals surface area contributed by atoms with Crippen LogP contribution in [0.4, 0.5) is 0 Å². The second kappa shape index (κ2) is 28.4. The number of aliphatic hydroxyl groups excluding tert-OH is 1. The maximum atomic E-state index is 12.0. The van der Waals surface area contributed by atoms with Crippen molar-refractivity contribution in [3.8, 4) is 23.7 Å². The molecule has 0 aliphatic carbocycles. The fourth-order valence-corrected chi connectivity index (χ4v) is 7.27. The Bertz CT molecular complexity index is 1170. The minimum atomic E-state index is -0.515. The molecule has 0 aromatic carbocycles. The van der Waals surface area contributed by atoms with Crippen LogP contribution in [0.15, 0.2) is 11.6 Å². The van der Waals surface area contributed by atoms with E-state index in [9.17, 15) is 9.90 Å². The number of methoxy groups -OCH3 is 3. The second-order valence-corrected chi connectivity index (χ2v) is 14.8. The van der Waals surface area contributed by atoms with Gasteiger partial charge in [-0.25, -0.2) is 4.79 Å². The highest BCUT2D eigenvalue weighted by atomic mass is 16.7. The van der Waals surface area contributed by atoms with Gasteiger partial charge in [0.05, 0.1) is 42.7 Å². The van der Waals surface area contributed by atoms with Crippen molar-refractivity contribution in [3.05, 3.63) is 11.6 Å². The van der Waals surface area contributed by atoms with E-state index in [0.29, 0.717) is 44.1 Å². The number of cyclic esters (lactones) is 1. The highest BCUT2D eigenvalue weighted by molar-refractivity contribution is 5.90. The number of esters is 1. The highest BCUT2D eigenvalue weighted by Gasteiger charge is 2.41. The van der Waals surface area contributed by atoms with E-state index >= 15 is 0 Å². The highest BCUT2D eigenvalue weighted by Crippen LogP contribution is 2.35. The van der Waals surface area contributed by atoms with Crippen molar-refractivity contribution in [1.29, 1.82) is 0 Å². The first kappa shape index (κ1) is 46.4. The molecule has 3 aliphatic rings. The molecule has 3 unspecified atom stereocenters. The summed E-state index contributed by atoms with van der Waals surface area (Å²) >= 11 is 0. The van der Waals surface area contributed by atoms with Crippen LogP contribution >= 0.6 is 0 Å². The van der Waals surface area contributed by atoms with Gasteiger partial charge in [0, 0.05) is 52.6 Å². The van der Waals surface area contributed by atoms with E-state index in [0.717, 1.165) is 38.5 Å². The summed E-state index contributed by atoms with van der Waals surface area (Å²) < 4.78 is 51.6. The Balaban J connectivity index is 1.39. The summed E-state index contributed by atoms with van der Waals surface area (Å²) in [6.07, 6.45) is 18.2. The summed E-state index contributed by atoms with van der Waals surface area (Å²) in [7, 11) is 4.82. The van der Waals surface area contributed by atoms with Crippen molar-refractivity contribution < 1.29 is 52.5 Å². The van der Waals surface area contributed by atoms with Crippen LogP contribution < -0.4 is 0 Å². The van der Waals surface area contributed by atoms with Crippen LogP contribution in [-0.4, -0.2) is 108 Å². The van der Waals surface area contributed by atoms with Crippen molar-refractivity contribution in [3.63, 3.8) is 0 Å². The molecule has 308 valence electrons. The Hall–Kier alpha value is -2.03. The lowest BCUT2D eigenvalue weighted by atomic mass is 10.0. The van der Waals surface area contributed by atoms with E-state index in [-0.39, 0.29) is 69.1 Å². The Morgan fingerprint density at radius 1 is 0.759 bits per heavy atom. The lowest BCUT2D eigenvalue weighted by Gasteiger charge is -2.26. The molecule has 0 amide bonds. The standard InChI is InChI=1S/C43H70O11/c1-6-7-8-9-10-11-12-16-22-37(50-31-47-4)39-24-26-41(53-39)42-27-25-40(54-42)38(51-32-48-5)23-18-17-20-35(44)19-14-13-15-21-36(49-30-46-3)29-34-28-33(2)52-43(34)45/h28,33,35-42,44H,6-12,14,16-17,19-22,24-27,29-32H2,1-5H3/t33-,35?,36?,37+,38?,39+,40+,41+,42+/m0/s1. The molecule has 3 aliphatic heterocycles. The lowest BCUT2D eigenvalue weighted by molar-refractivity contribution is -0.150. The van der Waals surface area contributed by atoms with Crippen molar-refractivity contribution >= 4 is 5.97 Å². The van der Waals surface area contributed by atoms with Crippen LogP contribution in [0.2, 0.25) is 0 Å².